The van der Waals surface area contributed by atoms with E-state index in [1.54, 1.807) is 6.26 Å². The third-order valence-electron chi connectivity index (χ3n) is 2.44. The van der Waals surface area contributed by atoms with Crippen LogP contribution >= 0.6 is 0 Å². The number of hydrogen-bond acceptors (Lipinski definition) is 3. The molecular formula is C10H18N2O4S. The van der Waals surface area contributed by atoms with Crippen molar-refractivity contribution < 1.29 is 18.9 Å². The summed E-state index contributed by atoms with van der Waals surface area (Å²) in [6, 6.07) is -0.261. The van der Waals surface area contributed by atoms with Gasteiger partial charge in [0.05, 0.1) is 0 Å². The van der Waals surface area contributed by atoms with E-state index in [1.807, 2.05) is 0 Å². The molecule has 0 aromatic heterocycles. The van der Waals surface area contributed by atoms with Gasteiger partial charge in [-0.1, -0.05) is 0 Å². The van der Waals surface area contributed by atoms with Crippen LogP contribution in [-0.4, -0.2) is 57.4 Å². The first-order chi connectivity index (χ1) is 8.00. The fourth-order valence-corrected chi connectivity index (χ4v) is 2.02. The first kappa shape index (κ1) is 14.0. The van der Waals surface area contributed by atoms with E-state index < -0.39 is 16.8 Å². The number of urea groups is 1. The molecule has 0 bridgehead atoms. The predicted octanol–water partition coefficient (Wildman–Crippen LogP) is 0.0136. The first-order valence-corrected chi connectivity index (χ1v) is 7.29. The van der Waals surface area contributed by atoms with Crippen molar-refractivity contribution in [3.05, 3.63) is 0 Å². The van der Waals surface area contributed by atoms with Crippen LogP contribution in [-0.2, 0) is 15.6 Å². The molecule has 2 amide bonds. The highest BCUT2D eigenvalue weighted by molar-refractivity contribution is 7.84. The molecule has 98 valence electrons. The maximum atomic E-state index is 11.7. The van der Waals surface area contributed by atoms with Crippen molar-refractivity contribution in [2.45, 2.75) is 25.3 Å². The monoisotopic (exact) mass is 262 g/mol. The molecule has 0 aromatic carbocycles. The van der Waals surface area contributed by atoms with Crippen LogP contribution < -0.4 is 5.32 Å². The Morgan fingerprint density at radius 1 is 1.47 bits per heavy atom. The van der Waals surface area contributed by atoms with Crippen LogP contribution in [0.15, 0.2) is 0 Å². The van der Waals surface area contributed by atoms with E-state index in [-0.39, 0.29) is 18.6 Å². The fraction of sp³-hybridized carbons (Fsp3) is 0.800. The Kier molecular flexibility index (Phi) is 5.40. The Hall–Kier alpha value is -1.11. The molecule has 0 aromatic rings. The number of aliphatic carboxylic acids is 1. The highest BCUT2D eigenvalue weighted by Gasteiger charge is 2.33. The largest absolute Gasteiger partial charge is 0.480 e. The molecule has 0 aliphatic heterocycles. The van der Waals surface area contributed by atoms with Gasteiger partial charge in [-0.15, -0.1) is 0 Å². The normalized spacial score (nSPS) is 16.3. The van der Waals surface area contributed by atoms with E-state index in [4.69, 9.17) is 5.11 Å². The molecule has 0 radical (unpaired) electrons. The molecule has 2 N–H and O–H groups in total. The molecule has 0 heterocycles. The Morgan fingerprint density at radius 3 is 2.59 bits per heavy atom. The highest BCUT2D eigenvalue weighted by atomic mass is 32.2. The number of nitrogens with one attached hydrogen (secondary N) is 1. The van der Waals surface area contributed by atoms with Gasteiger partial charge in [-0.25, -0.2) is 4.79 Å². The number of rotatable bonds is 7. The van der Waals surface area contributed by atoms with E-state index in [0.29, 0.717) is 18.7 Å². The zero-order chi connectivity index (χ0) is 12.8. The summed E-state index contributed by atoms with van der Waals surface area (Å²) in [5.74, 6) is -0.454. The van der Waals surface area contributed by atoms with Crippen molar-refractivity contribution in [3.63, 3.8) is 0 Å². The zero-order valence-electron chi connectivity index (χ0n) is 9.85. The minimum Gasteiger partial charge on any atom is -0.480 e. The number of carboxylic acid groups (broad SMARTS) is 1. The van der Waals surface area contributed by atoms with Crippen LogP contribution in [0.4, 0.5) is 4.79 Å². The molecule has 0 spiro atoms. The van der Waals surface area contributed by atoms with Crippen molar-refractivity contribution in [2.24, 2.45) is 0 Å². The number of amides is 2. The molecule has 1 aliphatic carbocycles. The van der Waals surface area contributed by atoms with Gasteiger partial charge >= 0.3 is 12.0 Å². The van der Waals surface area contributed by atoms with Gasteiger partial charge in [-0.2, -0.15) is 0 Å². The molecule has 6 nitrogen and oxygen atoms in total. The smallest absolute Gasteiger partial charge is 0.323 e. The van der Waals surface area contributed by atoms with Crippen LogP contribution in [0.2, 0.25) is 0 Å². The molecule has 1 rings (SSSR count). The number of hydrogen-bond donors (Lipinski definition) is 2. The summed E-state index contributed by atoms with van der Waals surface area (Å²) in [7, 11) is -0.856. The summed E-state index contributed by atoms with van der Waals surface area (Å²) >= 11 is 0. The third kappa shape index (κ3) is 5.67. The number of carbonyl (C=O) groups is 2. The summed E-state index contributed by atoms with van der Waals surface area (Å²) in [6.07, 6.45) is 4.00. The fourth-order valence-electron chi connectivity index (χ4n) is 1.47. The second kappa shape index (κ2) is 6.58. The summed E-state index contributed by atoms with van der Waals surface area (Å²) in [5, 5.41) is 11.3. The molecule has 17 heavy (non-hydrogen) atoms. The second-order valence-electron chi connectivity index (χ2n) is 4.12. The van der Waals surface area contributed by atoms with E-state index in [0.717, 1.165) is 12.8 Å². The quantitative estimate of drug-likeness (QED) is 0.633. The molecular weight excluding hydrogens is 244 g/mol. The van der Waals surface area contributed by atoms with Crippen molar-refractivity contribution in [3.8, 4) is 0 Å². The molecule has 7 heteroatoms. The van der Waals surface area contributed by atoms with E-state index >= 15 is 0 Å². The van der Waals surface area contributed by atoms with Gasteiger partial charge in [0, 0.05) is 35.4 Å². The van der Waals surface area contributed by atoms with Crippen molar-refractivity contribution in [1.82, 2.24) is 10.2 Å². The van der Waals surface area contributed by atoms with Gasteiger partial charge in [0.2, 0.25) is 0 Å². The Bertz CT molecular complexity index is 317. The summed E-state index contributed by atoms with van der Waals surface area (Å²) in [5.41, 5.74) is 0. The van der Waals surface area contributed by atoms with Gasteiger partial charge in [0.1, 0.15) is 6.54 Å². The Balaban J connectivity index is 2.27. The van der Waals surface area contributed by atoms with Crippen LogP contribution in [0.5, 0.6) is 0 Å². The Morgan fingerprint density at radius 2 is 2.12 bits per heavy atom. The average molecular weight is 262 g/mol. The van der Waals surface area contributed by atoms with Gasteiger partial charge in [0.25, 0.3) is 0 Å². The summed E-state index contributed by atoms with van der Waals surface area (Å²) < 4.78 is 10.8. The first-order valence-electron chi connectivity index (χ1n) is 5.57. The number of carbonyl (C=O) groups excluding carboxylic acids is 1. The average Bonchev–Trinajstić information content (AvgIpc) is 3.03. The summed E-state index contributed by atoms with van der Waals surface area (Å²) in [6.45, 7) is 0.178. The molecule has 1 unspecified atom stereocenters. The lowest BCUT2D eigenvalue weighted by Gasteiger charge is -2.20. The molecule has 1 aliphatic rings. The van der Waals surface area contributed by atoms with E-state index in [9.17, 15) is 13.8 Å². The standard InChI is InChI=1S/C10H18N2O4S/c1-17(16)6-2-5-11-10(15)12(7-9(13)14)8-3-4-8/h8H,2-7H2,1H3,(H,11,15)(H,13,14). The van der Waals surface area contributed by atoms with Crippen molar-refractivity contribution in [1.29, 1.82) is 0 Å². The number of carboxylic acids is 1. The molecule has 1 saturated carbocycles. The third-order valence-corrected chi connectivity index (χ3v) is 3.30. The van der Waals surface area contributed by atoms with Crippen molar-refractivity contribution >= 4 is 22.8 Å². The van der Waals surface area contributed by atoms with Gasteiger partial charge in [-0.3, -0.25) is 9.00 Å². The lowest BCUT2D eigenvalue weighted by Crippen LogP contribution is -2.44. The summed E-state index contributed by atoms with van der Waals surface area (Å²) in [4.78, 5) is 23.6. The SMILES string of the molecule is CS(=O)CCCNC(=O)N(CC(=O)O)C1CC1. The van der Waals surface area contributed by atoms with Crippen LogP contribution in [0, 0.1) is 0 Å². The van der Waals surface area contributed by atoms with Crippen LogP contribution in [0.3, 0.4) is 0 Å². The zero-order valence-corrected chi connectivity index (χ0v) is 10.7. The van der Waals surface area contributed by atoms with Crippen LogP contribution in [0.1, 0.15) is 19.3 Å². The van der Waals surface area contributed by atoms with Crippen LogP contribution in [0.25, 0.3) is 0 Å². The van der Waals surface area contributed by atoms with Gasteiger partial charge in [0.15, 0.2) is 0 Å². The lowest BCUT2D eigenvalue weighted by molar-refractivity contribution is -0.137. The molecule has 1 atom stereocenters. The highest BCUT2D eigenvalue weighted by Crippen LogP contribution is 2.26. The number of nitrogens with zero attached hydrogens (tertiary/aromatic N) is 1. The topological polar surface area (TPSA) is 86.7 Å². The maximum Gasteiger partial charge on any atom is 0.323 e. The van der Waals surface area contributed by atoms with Gasteiger partial charge in [-0.05, 0) is 19.3 Å². The molecule has 1 fully saturated rings. The van der Waals surface area contributed by atoms with E-state index in [2.05, 4.69) is 5.32 Å². The lowest BCUT2D eigenvalue weighted by atomic mass is 10.4. The van der Waals surface area contributed by atoms with Crippen molar-refractivity contribution in [2.75, 3.05) is 25.1 Å². The molecule has 0 saturated heterocycles. The predicted molar refractivity (Wildman–Crippen MR) is 64.3 cm³/mol. The second-order valence-corrected chi connectivity index (χ2v) is 5.67. The maximum absolute atomic E-state index is 11.7. The minimum atomic E-state index is -0.998. The van der Waals surface area contributed by atoms with Gasteiger partial charge < -0.3 is 15.3 Å². The van der Waals surface area contributed by atoms with E-state index in [1.165, 1.54) is 4.90 Å². The minimum absolute atomic E-state index is 0.0754. The Labute approximate surface area is 103 Å².